The van der Waals surface area contributed by atoms with Crippen LogP contribution in [0.1, 0.15) is 12.0 Å². The third-order valence-corrected chi connectivity index (χ3v) is 4.66. The number of aromatic amines is 1. The van der Waals surface area contributed by atoms with Gasteiger partial charge in [0.2, 0.25) is 5.95 Å². The lowest BCUT2D eigenvalue weighted by Crippen LogP contribution is -2.31. The summed E-state index contributed by atoms with van der Waals surface area (Å²) in [6, 6.07) is 10.4. The molecule has 4 rings (SSSR count). The van der Waals surface area contributed by atoms with E-state index in [0.717, 1.165) is 44.4 Å². The number of non-ortho nitro benzene ring substituents is 1. The molecule has 0 atom stereocenters. The summed E-state index contributed by atoms with van der Waals surface area (Å²) in [5.74, 6) is 1.58. The summed E-state index contributed by atoms with van der Waals surface area (Å²) in [6.07, 6.45) is 2.52. The molecule has 1 aromatic carbocycles. The zero-order valence-electron chi connectivity index (χ0n) is 14.5. The van der Waals surface area contributed by atoms with Gasteiger partial charge in [-0.1, -0.05) is 0 Å². The molecule has 2 aromatic heterocycles. The standard InChI is InChI=1S/C18H17N7O2/c19-11-13-2-5-17(20-12-13)23-6-1-7-24(9-8-23)18-21-15-4-3-14(25(26)27)10-16(15)22-18/h2-5,10,12H,1,6-9H2,(H,21,22). The smallest absolute Gasteiger partial charge is 0.271 e. The fourth-order valence-corrected chi connectivity index (χ4v) is 3.25. The number of nitrogens with one attached hydrogen (secondary N) is 1. The summed E-state index contributed by atoms with van der Waals surface area (Å²) < 4.78 is 0. The monoisotopic (exact) mass is 363 g/mol. The van der Waals surface area contributed by atoms with Gasteiger partial charge in [-0.2, -0.15) is 5.26 Å². The van der Waals surface area contributed by atoms with E-state index in [2.05, 4.69) is 30.8 Å². The molecule has 1 aliphatic heterocycles. The van der Waals surface area contributed by atoms with Gasteiger partial charge in [0.1, 0.15) is 11.9 Å². The largest absolute Gasteiger partial charge is 0.355 e. The van der Waals surface area contributed by atoms with Crippen LogP contribution in [-0.2, 0) is 0 Å². The van der Waals surface area contributed by atoms with Gasteiger partial charge >= 0.3 is 0 Å². The summed E-state index contributed by atoms with van der Waals surface area (Å²) in [4.78, 5) is 27.0. The number of pyridine rings is 1. The van der Waals surface area contributed by atoms with E-state index in [4.69, 9.17) is 5.26 Å². The van der Waals surface area contributed by atoms with Crippen LogP contribution in [0.2, 0.25) is 0 Å². The molecule has 1 N–H and O–H groups in total. The number of fused-ring (bicyclic) bond motifs is 1. The number of anilines is 2. The minimum Gasteiger partial charge on any atom is -0.355 e. The van der Waals surface area contributed by atoms with Crippen LogP contribution >= 0.6 is 0 Å². The zero-order valence-corrected chi connectivity index (χ0v) is 14.5. The Hall–Kier alpha value is -3.67. The first-order chi connectivity index (χ1) is 13.1. The third kappa shape index (κ3) is 3.37. The second-order valence-corrected chi connectivity index (χ2v) is 6.36. The second kappa shape index (κ2) is 6.92. The molecule has 9 nitrogen and oxygen atoms in total. The number of nitriles is 1. The molecule has 0 spiro atoms. The zero-order chi connectivity index (χ0) is 18.8. The Bertz CT molecular complexity index is 1020. The Morgan fingerprint density at radius 1 is 1.15 bits per heavy atom. The van der Waals surface area contributed by atoms with Gasteiger partial charge in [0.05, 0.1) is 21.5 Å². The minimum atomic E-state index is -0.408. The highest BCUT2D eigenvalue weighted by molar-refractivity contribution is 5.80. The predicted octanol–water partition coefficient (Wildman–Crippen LogP) is 2.45. The molecule has 1 saturated heterocycles. The van der Waals surface area contributed by atoms with Crippen molar-refractivity contribution in [1.29, 1.82) is 5.26 Å². The molecular weight excluding hydrogens is 346 g/mol. The fraction of sp³-hybridized carbons (Fsp3) is 0.278. The van der Waals surface area contributed by atoms with Crippen molar-refractivity contribution in [1.82, 2.24) is 15.0 Å². The Morgan fingerprint density at radius 2 is 1.96 bits per heavy atom. The number of hydrogen-bond donors (Lipinski definition) is 1. The van der Waals surface area contributed by atoms with Crippen molar-refractivity contribution in [3.05, 3.63) is 52.2 Å². The maximum atomic E-state index is 10.9. The summed E-state index contributed by atoms with van der Waals surface area (Å²) in [7, 11) is 0. The Kier molecular flexibility index (Phi) is 4.30. The molecule has 0 saturated carbocycles. The number of benzene rings is 1. The van der Waals surface area contributed by atoms with Crippen LogP contribution in [-0.4, -0.2) is 46.1 Å². The van der Waals surface area contributed by atoms with Gasteiger partial charge in [-0.25, -0.2) is 9.97 Å². The molecule has 0 bridgehead atoms. The summed E-state index contributed by atoms with van der Waals surface area (Å²) in [5.41, 5.74) is 1.97. The van der Waals surface area contributed by atoms with Crippen molar-refractivity contribution in [2.75, 3.05) is 36.0 Å². The van der Waals surface area contributed by atoms with Crippen molar-refractivity contribution in [3.8, 4) is 6.07 Å². The van der Waals surface area contributed by atoms with Gasteiger partial charge in [-0.3, -0.25) is 10.1 Å². The van der Waals surface area contributed by atoms with E-state index in [1.165, 1.54) is 12.1 Å². The first-order valence-electron chi connectivity index (χ1n) is 8.64. The van der Waals surface area contributed by atoms with Crippen molar-refractivity contribution in [2.45, 2.75) is 6.42 Å². The Balaban J connectivity index is 1.51. The van der Waals surface area contributed by atoms with Gasteiger partial charge in [0.25, 0.3) is 5.69 Å². The number of imidazole rings is 1. The molecule has 9 heteroatoms. The SMILES string of the molecule is N#Cc1ccc(N2CCCN(c3nc4ccc([N+](=O)[O-])cc4[nH]3)CC2)nc1. The fourth-order valence-electron chi connectivity index (χ4n) is 3.25. The van der Waals surface area contributed by atoms with Crippen molar-refractivity contribution >= 4 is 28.5 Å². The van der Waals surface area contributed by atoms with E-state index in [9.17, 15) is 10.1 Å². The highest BCUT2D eigenvalue weighted by Gasteiger charge is 2.19. The van der Waals surface area contributed by atoms with Gasteiger partial charge < -0.3 is 14.8 Å². The lowest BCUT2D eigenvalue weighted by Gasteiger charge is -2.22. The lowest BCUT2D eigenvalue weighted by molar-refractivity contribution is -0.384. The number of rotatable bonds is 3. The van der Waals surface area contributed by atoms with Gasteiger partial charge in [0, 0.05) is 44.5 Å². The number of nitro benzene ring substituents is 1. The number of nitro groups is 1. The van der Waals surface area contributed by atoms with E-state index in [1.54, 1.807) is 18.3 Å². The molecule has 136 valence electrons. The number of hydrogen-bond acceptors (Lipinski definition) is 7. The van der Waals surface area contributed by atoms with Gasteiger partial charge in [-0.05, 0) is 24.6 Å². The molecular formula is C18H17N7O2. The highest BCUT2D eigenvalue weighted by atomic mass is 16.6. The van der Waals surface area contributed by atoms with Crippen LogP contribution in [0.5, 0.6) is 0 Å². The molecule has 0 aliphatic carbocycles. The molecule has 0 amide bonds. The average molecular weight is 363 g/mol. The topological polar surface area (TPSA) is 115 Å². The van der Waals surface area contributed by atoms with E-state index in [0.29, 0.717) is 16.6 Å². The van der Waals surface area contributed by atoms with Crippen LogP contribution in [0.3, 0.4) is 0 Å². The van der Waals surface area contributed by atoms with Crippen molar-refractivity contribution in [3.63, 3.8) is 0 Å². The molecule has 1 aliphatic rings. The van der Waals surface area contributed by atoms with Crippen LogP contribution in [0.15, 0.2) is 36.5 Å². The van der Waals surface area contributed by atoms with Gasteiger partial charge in [-0.15, -0.1) is 0 Å². The molecule has 0 unspecified atom stereocenters. The average Bonchev–Trinajstić information content (AvgIpc) is 2.96. The number of aromatic nitrogens is 3. The lowest BCUT2D eigenvalue weighted by atomic mass is 10.3. The molecule has 0 radical (unpaired) electrons. The summed E-state index contributed by atoms with van der Waals surface area (Å²) >= 11 is 0. The second-order valence-electron chi connectivity index (χ2n) is 6.36. The van der Waals surface area contributed by atoms with E-state index in [1.807, 2.05) is 6.07 Å². The quantitative estimate of drug-likeness (QED) is 0.561. The van der Waals surface area contributed by atoms with Crippen molar-refractivity contribution < 1.29 is 4.92 Å². The molecule has 3 heterocycles. The highest BCUT2D eigenvalue weighted by Crippen LogP contribution is 2.23. The molecule has 27 heavy (non-hydrogen) atoms. The van der Waals surface area contributed by atoms with Crippen LogP contribution in [0.25, 0.3) is 11.0 Å². The molecule has 1 fully saturated rings. The maximum absolute atomic E-state index is 10.9. The Morgan fingerprint density at radius 3 is 2.70 bits per heavy atom. The summed E-state index contributed by atoms with van der Waals surface area (Å²) in [6.45, 7) is 3.22. The maximum Gasteiger partial charge on any atom is 0.271 e. The predicted molar refractivity (Wildman–Crippen MR) is 101 cm³/mol. The number of H-pyrrole nitrogens is 1. The third-order valence-electron chi connectivity index (χ3n) is 4.66. The van der Waals surface area contributed by atoms with Crippen molar-refractivity contribution in [2.24, 2.45) is 0 Å². The Labute approximate surface area is 155 Å². The van der Waals surface area contributed by atoms with E-state index < -0.39 is 4.92 Å². The van der Waals surface area contributed by atoms with Crippen LogP contribution in [0.4, 0.5) is 17.5 Å². The normalized spacial score (nSPS) is 14.8. The van der Waals surface area contributed by atoms with Crippen LogP contribution < -0.4 is 9.80 Å². The van der Waals surface area contributed by atoms with E-state index in [-0.39, 0.29) is 5.69 Å². The number of nitrogens with zero attached hydrogens (tertiary/aromatic N) is 6. The molecule has 3 aromatic rings. The first kappa shape index (κ1) is 16.8. The minimum absolute atomic E-state index is 0.0478. The van der Waals surface area contributed by atoms with Gasteiger partial charge in [0.15, 0.2) is 0 Å². The van der Waals surface area contributed by atoms with Crippen LogP contribution in [0, 0.1) is 21.4 Å². The summed E-state index contributed by atoms with van der Waals surface area (Å²) in [5, 5.41) is 19.8. The van der Waals surface area contributed by atoms with E-state index >= 15 is 0 Å². The first-order valence-corrected chi connectivity index (χ1v) is 8.64.